The van der Waals surface area contributed by atoms with Crippen molar-refractivity contribution in [3.63, 3.8) is 0 Å². The fourth-order valence-electron chi connectivity index (χ4n) is 4.37. The van der Waals surface area contributed by atoms with Crippen molar-refractivity contribution in [3.8, 4) is 16.9 Å². The standard InChI is InChI=1S/C26H29F3N6O2/c1-3-34(4-2)25(37)23-5-6-24(32-31-23)35-9-7-33(8-10-35)17-18-11-19(13-21(12-18)26(27,28)29)20-14-22(36)16-30-15-20/h5-6,11-16,36H,3-4,7-10,17H2,1-2H3. The van der Waals surface area contributed by atoms with Crippen molar-refractivity contribution in [3.05, 3.63) is 65.6 Å². The van der Waals surface area contributed by atoms with Gasteiger partial charge in [-0.25, -0.2) is 0 Å². The van der Waals surface area contributed by atoms with Gasteiger partial charge in [0.15, 0.2) is 11.5 Å². The summed E-state index contributed by atoms with van der Waals surface area (Å²) >= 11 is 0. The third-order valence-electron chi connectivity index (χ3n) is 6.40. The zero-order chi connectivity index (χ0) is 26.6. The highest BCUT2D eigenvalue weighted by molar-refractivity contribution is 5.92. The average molecular weight is 515 g/mol. The quantitative estimate of drug-likeness (QED) is 0.509. The molecule has 196 valence electrons. The Morgan fingerprint density at radius 3 is 2.30 bits per heavy atom. The van der Waals surface area contributed by atoms with E-state index in [0.717, 1.165) is 6.07 Å². The number of nitrogens with zero attached hydrogens (tertiary/aromatic N) is 6. The SMILES string of the molecule is CCN(CC)C(=O)c1ccc(N2CCN(Cc3cc(-c4cncc(O)c4)cc(C(F)(F)F)c3)CC2)nn1. The molecule has 0 bridgehead atoms. The van der Waals surface area contributed by atoms with Crippen LogP contribution >= 0.6 is 0 Å². The minimum absolute atomic E-state index is 0.110. The lowest BCUT2D eigenvalue weighted by molar-refractivity contribution is -0.137. The van der Waals surface area contributed by atoms with Crippen molar-refractivity contribution in [1.82, 2.24) is 25.0 Å². The van der Waals surface area contributed by atoms with Gasteiger partial charge in [0.05, 0.1) is 11.8 Å². The van der Waals surface area contributed by atoms with Gasteiger partial charge in [-0.15, -0.1) is 10.2 Å². The van der Waals surface area contributed by atoms with Gasteiger partial charge in [0.25, 0.3) is 5.91 Å². The van der Waals surface area contributed by atoms with Crippen LogP contribution in [0.1, 0.15) is 35.5 Å². The van der Waals surface area contributed by atoms with Crippen LogP contribution in [0.2, 0.25) is 0 Å². The van der Waals surface area contributed by atoms with Crippen LogP contribution in [0.5, 0.6) is 5.75 Å². The maximum atomic E-state index is 13.6. The molecule has 3 heterocycles. The van der Waals surface area contributed by atoms with Gasteiger partial charge in [0.1, 0.15) is 5.75 Å². The van der Waals surface area contributed by atoms with E-state index in [4.69, 9.17) is 0 Å². The maximum Gasteiger partial charge on any atom is 0.416 e. The molecule has 0 spiro atoms. The first-order valence-electron chi connectivity index (χ1n) is 12.1. The highest BCUT2D eigenvalue weighted by Crippen LogP contribution is 2.34. The van der Waals surface area contributed by atoms with Crippen molar-refractivity contribution >= 4 is 11.7 Å². The molecule has 1 N–H and O–H groups in total. The van der Waals surface area contributed by atoms with Crippen LogP contribution in [-0.2, 0) is 12.7 Å². The smallest absolute Gasteiger partial charge is 0.416 e. The molecule has 37 heavy (non-hydrogen) atoms. The number of anilines is 1. The Balaban J connectivity index is 1.43. The highest BCUT2D eigenvalue weighted by Gasteiger charge is 2.31. The van der Waals surface area contributed by atoms with Crippen molar-refractivity contribution in [2.24, 2.45) is 0 Å². The van der Waals surface area contributed by atoms with E-state index < -0.39 is 11.7 Å². The molecule has 3 aromatic rings. The van der Waals surface area contributed by atoms with Crippen LogP contribution in [0.25, 0.3) is 11.1 Å². The number of halogens is 3. The second kappa shape index (κ2) is 11.1. The molecule has 0 atom stereocenters. The van der Waals surface area contributed by atoms with Gasteiger partial charge in [-0.3, -0.25) is 14.7 Å². The number of carbonyl (C=O) groups is 1. The summed E-state index contributed by atoms with van der Waals surface area (Å²) in [6.45, 7) is 7.86. The summed E-state index contributed by atoms with van der Waals surface area (Å²) in [6.07, 6.45) is -1.83. The largest absolute Gasteiger partial charge is 0.506 e. The summed E-state index contributed by atoms with van der Waals surface area (Å²) in [5.41, 5.74) is 0.853. The number of hydrogen-bond acceptors (Lipinski definition) is 7. The predicted octanol–water partition coefficient (Wildman–Crippen LogP) is 4.07. The number of hydrogen-bond donors (Lipinski definition) is 1. The van der Waals surface area contributed by atoms with Crippen molar-refractivity contribution in [2.75, 3.05) is 44.2 Å². The van der Waals surface area contributed by atoms with E-state index in [9.17, 15) is 23.1 Å². The summed E-state index contributed by atoms with van der Waals surface area (Å²) in [6, 6.07) is 8.80. The predicted molar refractivity (Wildman–Crippen MR) is 133 cm³/mol. The summed E-state index contributed by atoms with van der Waals surface area (Å²) in [5.74, 6) is 0.394. The Labute approximate surface area is 213 Å². The molecule has 1 amide bonds. The first kappa shape index (κ1) is 26.3. The van der Waals surface area contributed by atoms with Crippen LogP contribution in [0.15, 0.2) is 48.8 Å². The number of rotatable bonds is 7. The van der Waals surface area contributed by atoms with Crippen molar-refractivity contribution < 1.29 is 23.1 Å². The lowest BCUT2D eigenvalue weighted by atomic mass is 10.00. The maximum absolute atomic E-state index is 13.6. The van der Waals surface area contributed by atoms with Crippen molar-refractivity contribution in [2.45, 2.75) is 26.6 Å². The minimum Gasteiger partial charge on any atom is -0.506 e. The first-order chi connectivity index (χ1) is 17.7. The molecule has 1 aromatic carbocycles. The Bertz CT molecular complexity index is 1220. The number of aromatic hydroxyl groups is 1. The van der Waals surface area contributed by atoms with E-state index in [0.29, 0.717) is 74.0 Å². The lowest BCUT2D eigenvalue weighted by Gasteiger charge is -2.35. The average Bonchev–Trinajstić information content (AvgIpc) is 2.89. The highest BCUT2D eigenvalue weighted by atomic mass is 19.4. The van der Waals surface area contributed by atoms with Gasteiger partial charge < -0.3 is 14.9 Å². The van der Waals surface area contributed by atoms with Gasteiger partial charge in [-0.2, -0.15) is 13.2 Å². The molecular weight excluding hydrogens is 485 g/mol. The molecule has 1 aliphatic rings. The molecule has 0 aliphatic carbocycles. The third-order valence-corrected chi connectivity index (χ3v) is 6.40. The zero-order valence-corrected chi connectivity index (χ0v) is 20.7. The van der Waals surface area contributed by atoms with Gasteiger partial charge in [0, 0.05) is 57.6 Å². The second-order valence-corrected chi connectivity index (χ2v) is 8.87. The third kappa shape index (κ3) is 6.34. The van der Waals surface area contributed by atoms with Crippen LogP contribution in [-0.4, -0.2) is 75.3 Å². The Morgan fingerprint density at radius 2 is 1.70 bits per heavy atom. The van der Waals surface area contributed by atoms with Crippen LogP contribution in [0, 0.1) is 0 Å². The molecule has 4 rings (SSSR count). The van der Waals surface area contributed by atoms with Gasteiger partial charge in [-0.1, -0.05) is 0 Å². The van der Waals surface area contributed by atoms with E-state index in [1.165, 1.54) is 24.5 Å². The first-order valence-corrected chi connectivity index (χ1v) is 12.1. The minimum atomic E-state index is -4.49. The van der Waals surface area contributed by atoms with Gasteiger partial charge in [-0.05, 0) is 61.4 Å². The van der Waals surface area contributed by atoms with E-state index in [-0.39, 0.29) is 11.7 Å². The molecule has 0 saturated carbocycles. The van der Waals surface area contributed by atoms with Crippen LogP contribution in [0.3, 0.4) is 0 Å². The monoisotopic (exact) mass is 514 g/mol. The molecule has 8 nitrogen and oxygen atoms in total. The molecule has 0 unspecified atom stereocenters. The molecule has 2 aromatic heterocycles. The molecule has 1 saturated heterocycles. The summed E-state index contributed by atoms with van der Waals surface area (Å²) in [5, 5.41) is 18.1. The molecule has 1 aliphatic heterocycles. The number of alkyl halides is 3. The van der Waals surface area contributed by atoms with Crippen LogP contribution < -0.4 is 4.90 Å². The van der Waals surface area contributed by atoms with E-state index in [1.54, 1.807) is 23.1 Å². The van der Waals surface area contributed by atoms with Crippen LogP contribution in [0.4, 0.5) is 19.0 Å². The summed E-state index contributed by atoms with van der Waals surface area (Å²) in [7, 11) is 0. The van der Waals surface area contributed by atoms with Gasteiger partial charge >= 0.3 is 6.18 Å². The van der Waals surface area contributed by atoms with Gasteiger partial charge in [0.2, 0.25) is 0 Å². The number of aromatic nitrogens is 3. The number of amides is 1. The fourth-order valence-corrected chi connectivity index (χ4v) is 4.37. The number of benzene rings is 1. The molecular formula is C26H29F3N6O2. The fraction of sp³-hybridized carbons (Fsp3) is 0.385. The lowest BCUT2D eigenvalue weighted by Crippen LogP contribution is -2.46. The normalized spacial score (nSPS) is 14.6. The Kier molecular flexibility index (Phi) is 7.91. The van der Waals surface area contributed by atoms with E-state index in [1.807, 2.05) is 18.7 Å². The topological polar surface area (TPSA) is 85.7 Å². The van der Waals surface area contributed by atoms with Crippen molar-refractivity contribution in [1.29, 1.82) is 0 Å². The molecule has 1 fully saturated rings. The zero-order valence-electron chi connectivity index (χ0n) is 20.7. The number of carbonyl (C=O) groups excluding carboxylic acids is 1. The Hall–Kier alpha value is -3.73. The Morgan fingerprint density at radius 1 is 0.973 bits per heavy atom. The number of piperazine rings is 1. The second-order valence-electron chi connectivity index (χ2n) is 8.87. The van der Waals surface area contributed by atoms with E-state index >= 15 is 0 Å². The van der Waals surface area contributed by atoms with E-state index in [2.05, 4.69) is 20.1 Å². The molecule has 11 heteroatoms. The summed E-state index contributed by atoms with van der Waals surface area (Å²) in [4.78, 5) is 22.1. The molecule has 0 radical (unpaired) electrons. The number of pyridine rings is 1. The summed E-state index contributed by atoms with van der Waals surface area (Å²) < 4.78 is 40.8.